The van der Waals surface area contributed by atoms with Crippen molar-refractivity contribution in [3.05, 3.63) is 23.8 Å². The minimum atomic E-state index is -0.282. The molecule has 132 valence electrons. The van der Waals surface area contributed by atoms with Crippen molar-refractivity contribution >= 4 is 23.6 Å². The van der Waals surface area contributed by atoms with Gasteiger partial charge in [0.15, 0.2) is 0 Å². The summed E-state index contributed by atoms with van der Waals surface area (Å²) in [6.07, 6.45) is 0. The van der Waals surface area contributed by atoms with Crippen LogP contribution in [0.4, 0.5) is 0 Å². The lowest BCUT2D eigenvalue weighted by atomic mass is 10.1. The first-order chi connectivity index (χ1) is 11.6. The van der Waals surface area contributed by atoms with Gasteiger partial charge in [0.05, 0.1) is 26.6 Å². The molecule has 1 N–H and O–H groups in total. The molecule has 1 fully saturated rings. The maximum Gasteiger partial charge on any atom is 0.239 e. The molecular formula is C16H22N2O5S. The van der Waals surface area contributed by atoms with Crippen molar-refractivity contribution in [3.63, 3.8) is 0 Å². The maximum atomic E-state index is 12.2. The summed E-state index contributed by atoms with van der Waals surface area (Å²) in [5.41, 5.74) is 0.817. The number of hydrogen-bond donors (Lipinski definition) is 1. The van der Waals surface area contributed by atoms with Gasteiger partial charge in [0.2, 0.25) is 11.8 Å². The molecule has 1 atom stereocenters. The van der Waals surface area contributed by atoms with Crippen LogP contribution in [0, 0.1) is 0 Å². The second kappa shape index (κ2) is 8.79. The summed E-state index contributed by atoms with van der Waals surface area (Å²) in [5, 5.41) is 2.45. The minimum absolute atomic E-state index is 0.000574. The lowest BCUT2D eigenvalue weighted by Crippen LogP contribution is -2.40. The molecule has 0 aromatic heterocycles. The Labute approximate surface area is 145 Å². The highest BCUT2D eigenvalue weighted by molar-refractivity contribution is 8.00. The third-order valence-electron chi connectivity index (χ3n) is 3.61. The van der Waals surface area contributed by atoms with Crippen LogP contribution >= 0.6 is 11.8 Å². The van der Waals surface area contributed by atoms with E-state index in [4.69, 9.17) is 14.2 Å². The zero-order valence-electron chi connectivity index (χ0n) is 14.0. The van der Waals surface area contributed by atoms with Crippen molar-refractivity contribution in [3.8, 4) is 11.5 Å². The number of hydrogen-bond acceptors (Lipinski definition) is 6. The highest BCUT2D eigenvalue weighted by atomic mass is 32.2. The summed E-state index contributed by atoms with van der Waals surface area (Å²) in [5.74, 6) is 1.38. The fourth-order valence-electron chi connectivity index (χ4n) is 2.42. The summed E-state index contributed by atoms with van der Waals surface area (Å²) < 4.78 is 15.6. The van der Waals surface area contributed by atoms with Crippen molar-refractivity contribution in [2.75, 3.05) is 46.8 Å². The van der Waals surface area contributed by atoms with Crippen LogP contribution in [0.3, 0.4) is 0 Å². The number of benzene rings is 1. The predicted molar refractivity (Wildman–Crippen MR) is 91.3 cm³/mol. The van der Waals surface area contributed by atoms with E-state index in [2.05, 4.69) is 5.32 Å². The first-order valence-corrected chi connectivity index (χ1v) is 8.54. The first-order valence-electron chi connectivity index (χ1n) is 7.49. The van der Waals surface area contributed by atoms with Gasteiger partial charge in [-0.3, -0.25) is 9.59 Å². The molecule has 8 heteroatoms. The maximum absolute atomic E-state index is 12.2. The molecule has 1 aliphatic heterocycles. The Balaban J connectivity index is 2.16. The fourth-order valence-corrected chi connectivity index (χ4v) is 3.62. The van der Waals surface area contributed by atoms with Crippen LogP contribution in [-0.4, -0.2) is 63.5 Å². The molecular weight excluding hydrogens is 332 g/mol. The molecule has 1 aliphatic rings. The van der Waals surface area contributed by atoms with Crippen LogP contribution < -0.4 is 14.8 Å². The number of carbonyl (C=O) groups excluding carboxylic acids is 2. The molecule has 0 saturated carbocycles. The Morgan fingerprint density at radius 3 is 2.79 bits per heavy atom. The molecule has 0 unspecified atom stereocenters. The largest absolute Gasteiger partial charge is 0.497 e. The van der Waals surface area contributed by atoms with Crippen LogP contribution in [0.25, 0.3) is 0 Å². The molecule has 0 bridgehead atoms. The smallest absolute Gasteiger partial charge is 0.239 e. The van der Waals surface area contributed by atoms with E-state index in [1.165, 1.54) is 11.8 Å². The van der Waals surface area contributed by atoms with Gasteiger partial charge in [-0.15, -0.1) is 11.8 Å². The van der Waals surface area contributed by atoms with E-state index in [0.717, 1.165) is 5.56 Å². The molecule has 1 saturated heterocycles. The van der Waals surface area contributed by atoms with Crippen LogP contribution in [0.2, 0.25) is 0 Å². The molecule has 0 aliphatic carbocycles. The monoisotopic (exact) mass is 354 g/mol. The average molecular weight is 354 g/mol. The van der Waals surface area contributed by atoms with Gasteiger partial charge < -0.3 is 24.4 Å². The molecule has 1 aromatic rings. The zero-order chi connectivity index (χ0) is 17.5. The van der Waals surface area contributed by atoms with Crippen LogP contribution in [0.5, 0.6) is 11.5 Å². The molecule has 1 heterocycles. The van der Waals surface area contributed by atoms with E-state index in [0.29, 0.717) is 30.4 Å². The fraction of sp³-hybridized carbons (Fsp3) is 0.500. The Bertz CT molecular complexity index is 596. The summed E-state index contributed by atoms with van der Waals surface area (Å²) in [4.78, 5) is 25.8. The summed E-state index contributed by atoms with van der Waals surface area (Å²) in [6.45, 7) is 0.847. The first kappa shape index (κ1) is 18.4. The van der Waals surface area contributed by atoms with Gasteiger partial charge in [-0.1, -0.05) is 0 Å². The number of thioether (sulfide) groups is 1. The second-order valence-corrected chi connectivity index (χ2v) is 6.20. The van der Waals surface area contributed by atoms with Crippen molar-refractivity contribution in [2.24, 2.45) is 0 Å². The predicted octanol–water partition coefficient (Wildman–Crippen LogP) is 1.04. The number of amides is 2. The van der Waals surface area contributed by atoms with Gasteiger partial charge >= 0.3 is 0 Å². The average Bonchev–Trinajstić information content (AvgIpc) is 2.95. The minimum Gasteiger partial charge on any atom is -0.497 e. The van der Waals surface area contributed by atoms with Gasteiger partial charge in [-0.25, -0.2) is 0 Å². The molecule has 24 heavy (non-hydrogen) atoms. The van der Waals surface area contributed by atoms with Gasteiger partial charge in [0, 0.05) is 19.2 Å². The van der Waals surface area contributed by atoms with Gasteiger partial charge in [0.25, 0.3) is 0 Å². The number of nitrogens with zero attached hydrogens (tertiary/aromatic N) is 1. The standard InChI is InChI=1S/C16H22N2O5S/c1-21-7-6-17-14(19)9-18-15(20)10-24-16(18)12-8-11(22-2)4-5-13(12)23-3/h4-5,8,16H,6-7,9-10H2,1-3H3,(H,17,19)/t16-/m0/s1. The van der Waals surface area contributed by atoms with E-state index in [1.54, 1.807) is 38.4 Å². The summed E-state index contributed by atoms with van der Waals surface area (Å²) in [7, 11) is 4.73. The van der Waals surface area contributed by atoms with Crippen LogP contribution in [-0.2, 0) is 14.3 Å². The Morgan fingerprint density at radius 1 is 1.33 bits per heavy atom. The van der Waals surface area contributed by atoms with Crippen molar-refractivity contribution in [1.82, 2.24) is 10.2 Å². The van der Waals surface area contributed by atoms with Gasteiger partial charge in [0.1, 0.15) is 23.4 Å². The lowest BCUT2D eigenvalue weighted by Gasteiger charge is -2.25. The van der Waals surface area contributed by atoms with E-state index in [9.17, 15) is 9.59 Å². The number of ether oxygens (including phenoxy) is 3. The third-order valence-corrected chi connectivity index (χ3v) is 4.85. The van der Waals surface area contributed by atoms with Crippen LogP contribution in [0.15, 0.2) is 18.2 Å². The molecule has 2 amide bonds. The Kier molecular flexibility index (Phi) is 6.74. The third kappa shape index (κ3) is 4.33. The second-order valence-electron chi connectivity index (χ2n) is 5.14. The summed E-state index contributed by atoms with van der Waals surface area (Å²) >= 11 is 1.47. The topological polar surface area (TPSA) is 77.1 Å². The van der Waals surface area contributed by atoms with Crippen LogP contribution in [0.1, 0.15) is 10.9 Å². The molecule has 2 rings (SSSR count). The number of methoxy groups -OCH3 is 3. The molecule has 7 nitrogen and oxygen atoms in total. The van der Waals surface area contributed by atoms with Crippen molar-refractivity contribution < 1.29 is 23.8 Å². The van der Waals surface area contributed by atoms with Crippen molar-refractivity contribution in [1.29, 1.82) is 0 Å². The Morgan fingerprint density at radius 2 is 2.12 bits per heavy atom. The highest BCUT2D eigenvalue weighted by Gasteiger charge is 2.35. The number of rotatable bonds is 8. The molecule has 0 spiro atoms. The van der Waals surface area contributed by atoms with E-state index < -0.39 is 0 Å². The summed E-state index contributed by atoms with van der Waals surface area (Å²) in [6, 6.07) is 5.44. The van der Waals surface area contributed by atoms with E-state index >= 15 is 0 Å². The van der Waals surface area contributed by atoms with Crippen molar-refractivity contribution in [2.45, 2.75) is 5.37 Å². The lowest BCUT2D eigenvalue weighted by molar-refractivity contribution is -0.133. The Hall–Kier alpha value is -1.93. The normalized spacial score (nSPS) is 17.0. The van der Waals surface area contributed by atoms with E-state index in [-0.39, 0.29) is 23.7 Å². The molecule has 1 aromatic carbocycles. The highest BCUT2D eigenvalue weighted by Crippen LogP contribution is 2.43. The van der Waals surface area contributed by atoms with Gasteiger partial charge in [-0.05, 0) is 18.2 Å². The zero-order valence-corrected chi connectivity index (χ0v) is 14.9. The number of carbonyl (C=O) groups is 2. The quantitative estimate of drug-likeness (QED) is 0.703. The van der Waals surface area contributed by atoms with Gasteiger partial charge in [-0.2, -0.15) is 0 Å². The molecule has 0 radical (unpaired) electrons. The van der Waals surface area contributed by atoms with E-state index in [1.807, 2.05) is 6.07 Å². The number of nitrogens with one attached hydrogen (secondary N) is 1. The SMILES string of the molecule is COCCNC(=O)CN1C(=O)CS[C@H]1c1cc(OC)ccc1OC.